The van der Waals surface area contributed by atoms with E-state index in [9.17, 15) is 8.42 Å². The minimum absolute atomic E-state index is 0. The van der Waals surface area contributed by atoms with Gasteiger partial charge in [0.15, 0.2) is 15.8 Å². The highest BCUT2D eigenvalue weighted by Gasteiger charge is 2.29. The summed E-state index contributed by atoms with van der Waals surface area (Å²) in [6.07, 6.45) is 7.47. The average Bonchev–Trinajstić information content (AvgIpc) is 2.42. The van der Waals surface area contributed by atoms with E-state index in [4.69, 9.17) is 0 Å². The Hall–Kier alpha value is -0.0500. The van der Waals surface area contributed by atoms with Crippen molar-refractivity contribution in [3.8, 4) is 0 Å². The van der Waals surface area contributed by atoms with Crippen molar-refractivity contribution in [1.82, 2.24) is 10.6 Å². The molecule has 0 aromatic heterocycles. The first-order valence-electron chi connectivity index (χ1n) is 8.82. The third kappa shape index (κ3) is 12.3. The third-order valence-corrected chi connectivity index (χ3v) is 6.10. The van der Waals surface area contributed by atoms with Gasteiger partial charge in [0, 0.05) is 19.3 Å². The third-order valence-electron chi connectivity index (χ3n) is 3.97. The van der Waals surface area contributed by atoms with Crippen molar-refractivity contribution in [2.24, 2.45) is 10.9 Å². The fourth-order valence-corrected chi connectivity index (χ4v) is 2.27. The molecule has 0 radical (unpaired) electrons. The number of hydrogen-bond donors (Lipinski definition) is 2. The molecule has 0 atom stereocenters. The Morgan fingerprint density at radius 2 is 1.67 bits per heavy atom. The molecular formula is C17H38IN3O2S. The summed E-state index contributed by atoms with van der Waals surface area (Å²) in [5, 5.41) is 6.46. The number of halogens is 1. The van der Waals surface area contributed by atoms with Gasteiger partial charge >= 0.3 is 0 Å². The predicted octanol–water partition coefficient (Wildman–Crippen LogP) is 3.59. The Morgan fingerprint density at radius 3 is 2.17 bits per heavy atom. The number of rotatable bonds is 11. The summed E-state index contributed by atoms with van der Waals surface area (Å²) < 4.78 is 22.6. The number of nitrogens with zero attached hydrogens (tertiary/aromatic N) is 1. The van der Waals surface area contributed by atoms with E-state index in [1.165, 1.54) is 31.9 Å². The molecule has 0 aliphatic rings. The minimum atomic E-state index is -3.12. The van der Waals surface area contributed by atoms with Crippen LogP contribution >= 0.6 is 24.0 Å². The maximum atomic E-state index is 11.7. The summed E-state index contributed by atoms with van der Waals surface area (Å²) in [4.78, 5) is 4.42. The van der Waals surface area contributed by atoms with Crippen LogP contribution in [0.5, 0.6) is 0 Å². The standard InChI is InChI=1S/C17H37N3O2S.HI/c1-7-18-16(20-14-17(4,5)23(6,21)22)19-13-11-9-8-10-12-15(2)3;/h15H,7-14H2,1-6H3,(H2,18,19,20);1H. The van der Waals surface area contributed by atoms with Gasteiger partial charge in [-0.2, -0.15) is 0 Å². The lowest BCUT2D eigenvalue weighted by Crippen LogP contribution is -2.40. The van der Waals surface area contributed by atoms with Gasteiger partial charge in [0.25, 0.3) is 0 Å². The van der Waals surface area contributed by atoms with E-state index >= 15 is 0 Å². The van der Waals surface area contributed by atoms with Crippen molar-refractivity contribution in [3.63, 3.8) is 0 Å². The van der Waals surface area contributed by atoms with E-state index in [0.717, 1.165) is 25.4 Å². The van der Waals surface area contributed by atoms with Gasteiger partial charge < -0.3 is 10.6 Å². The van der Waals surface area contributed by atoms with Gasteiger partial charge in [-0.05, 0) is 33.1 Å². The normalized spacial score (nSPS) is 12.9. The van der Waals surface area contributed by atoms with Crippen molar-refractivity contribution in [1.29, 1.82) is 0 Å². The van der Waals surface area contributed by atoms with Crippen LogP contribution in [0.15, 0.2) is 4.99 Å². The molecular weight excluding hydrogens is 437 g/mol. The Kier molecular flexibility index (Phi) is 14.4. The van der Waals surface area contributed by atoms with Crippen LogP contribution in [-0.4, -0.2) is 45.0 Å². The summed E-state index contributed by atoms with van der Waals surface area (Å²) in [5.74, 6) is 1.49. The van der Waals surface area contributed by atoms with Gasteiger partial charge in [-0.15, -0.1) is 24.0 Å². The van der Waals surface area contributed by atoms with E-state index in [-0.39, 0.29) is 30.5 Å². The highest BCUT2D eigenvalue weighted by Crippen LogP contribution is 2.15. The Labute approximate surface area is 166 Å². The molecule has 24 heavy (non-hydrogen) atoms. The molecule has 0 aliphatic carbocycles. The zero-order chi connectivity index (χ0) is 17.9. The predicted molar refractivity (Wildman–Crippen MR) is 116 cm³/mol. The van der Waals surface area contributed by atoms with Crippen molar-refractivity contribution >= 4 is 39.8 Å². The van der Waals surface area contributed by atoms with Crippen LogP contribution in [0.2, 0.25) is 0 Å². The molecule has 0 spiro atoms. The molecule has 7 heteroatoms. The molecule has 0 saturated heterocycles. The lowest BCUT2D eigenvalue weighted by atomic mass is 10.0. The maximum Gasteiger partial charge on any atom is 0.191 e. The molecule has 0 rings (SSSR count). The quantitative estimate of drug-likeness (QED) is 0.207. The summed E-state index contributed by atoms with van der Waals surface area (Å²) in [7, 11) is -3.12. The monoisotopic (exact) mass is 475 g/mol. The number of aliphatic imine (C=N–C) groups is 1. The molecule has 2 N–H and O–H groups in total. The Bertz CT molecular complexity index is 449. The molecule has 0 aromatic rings. The van der Waals surface area contributed by atoms with E-state index in [0.29, 0.717) is 5.96 Å². The van der Waals surface area contributed by atoms with Crippen LogP contribution in [0, 0.1) is 5.92 Å². The Balaban J connectivity index is 0. The number of nitrogens with one attached hydrogen (secondary N) is 2. The van der Waals surface area contributed by atoms with E-state index in [2.05, 4.69) is 29.5 Å². The smallest absolute Gasteiger partial charge is 0.191 e. The molecule has 5 nitrogen and oxygen atoms in total. The number of guanidine groups is 1. The first kappa shape index (κ1) is 26.2. The molecule has 0 amide bonds. The summed E-state index contributed by atoms with van der Waals surface area (Å²) >= 11 is 0. The second-order valence-corrected chi connectivity index (χ2v) is 9.90. The van der Waals surface area contributed by atoms with Crippen LogP contribution in [-0.2, 0) is 9.84 Å². The molecule has 0 aliphatic heterocycles. The van der Waals surface area contributed by atoms with Crippen molar-refractivity contribution in [3.05, 3.63) is 0 Å². The lowest BCUT2D eigenvalue weighted by molar-refractivity contribution is 0.518. The fraction of sp³-hybridized carbons (Fsp3) is 0.941. The number of sulfone groups is 1. The largest absolute Gasteiger partial charge is 0.357 e. The highest BCUT2D eigenvalue weighted by atomic mass is 127. The van der Waals surface area contributed by atoms with Gasteiger partial charge in [0.05, 0.1) is 11.3 Å². The Morgan fingerprint density at radius 1 is 1.08 bits per heavy atom. The number of hydrogen-bond acceptors (Lipinski definition) is 3. The van der Waals surface area contributed by atoms with Gasteiger partial charge in [0.2, 0.25) is 0 Å². The van der Waals surface area contributed by atoms with Crippen LogP contribution in [0.3, 0.4) is 0 Å². The highest BCUT2D eigenvalue weighted by molar-refractivity contribution is 14.0. The van der Waals surface area contributed by atoms with Gasteiger partial charge in [-0.25, -0.2) is 8.42 Å². The summed E-state index contributed by atoms with van der Waals surface area (Å²) in [5.41, 5.74) is 0. The maximum absolute atomic E-state index is 11.7. The van der Waals surface area contributed by atoms with Crippen molar-refractivity contribution in [2.45, 2.75) is 71.5 Å². The van der Waals surface area contributed by atoms with Crippen LogP contribution in [0.1, 0.15) is 66.7 Å². The lowest BCUT2D eigenvalue weighted by Gasteiger charge is -2.21. The summed E-state index contributed by atoms with van der Waals surface area (Å²) in [6, 6.07) is 0. The van der Waals surface area contributed by atoms with Gasteiger partial charge in [0.1, 0.15) is 0 Å². The zero-order valence-corrected chi connectivity index (χ0v) is 19.5. The second kappa shape index (κ2) is 13.2. The molecule has 0 saturated carbocycles. The van der Waals surface area contributed by atoms with Crippen LogP contribution in [0.25, 0.3) is 0 Å². The zero-order valence-electron chi connectivity index (χ0n) is 16.3. The van der Waals surface area contributed by atoms with Gasteiger partial charge in [-0.1, -0.05) is 39.5 Å². The van der Waals surface area contributed by atoms with Crippen molar-refractivity contribution < 1.29 is 8.42 Å². The van der Waals surface area contributed by atoms with E-state index in [1.807, 2.05) is 6.92 Å². The SMILES string of the molecule is CCNC(=NCC(C)(C)S(C)(=O)=O)NCCCCCCC(C)C.I. The van der Waals surface area contributed by atoms with Gasteiger partial charge in [-0.3, -0.25) is 4.99 Å². The first-order chi connectivity index (χ1) is 10.6. The van der Waals surface area contributed by atoms with Crippen LogP contribution in [0.4, 0.5) is 0 Å². The molecule has 0 heterocycles. The van der Waals surface area contributed by atoms with E-state index < -0.39 is 14.6 Å². The molecule has 0 unspecified atom stereocenters. The molecule has 0 aromatic carbocycles. The minimum Gasteiger partial charge on any atom is -0.357 e. The average molecular weight is 475 g/mol. The first-order valence-corrected chi connectivity index (χ1v) is 10.7. The molecule has 0 bridgehead atoms. The van der Waals surface area contributed by atoms with Crippen molar-refractivity contribution in [2.75, 3.05) is 25.9 Å². The van der Waals surface area contributed by atoms with Crippen LogP contribution < -0.4 is 10.6 Å². The topological polar surface area (TPSA) is 70.6 Å². The molecule has 0 fully saturated rings. The van der Waals surface area contributed by atoms with E-state index in [1.54, 1.807) is 13.8 Å². The summed E-state index contributed by atoms with van der Waals surface area (Å²) in [6.45, 7) is 11.8. The molecule has 146 valence electrons. The fourth-order valence-electron chi connectivity index (χ4n) is 1.97. The second-order valence-electron chi connectivity index (χ2n) is 7.25. The number of unbranched alkanes of at least 4 members (excludes halogenated alkanes) is 3.